The lowest BCUT2D eigenvalue weighted by Gasteiger charge is -2.25. The molecule has 0 saturated carbocycles. The molecule has 1 saturated heterocycles. The predicted octanol–water partition coefficient (Wildman–Crippen LogP) is 4.14. The smallest absolute Gasteiger partial charge is 0.224 e. The lowest BCUT2D eigenvalue weighted by Crippen LogP contribution is -2.37. The minimum Gasteiger partial charge on any atom is -0.343 e. The van der Waals surface area contributed by atoms with Gasteiger partial charge in [0.25, 0.3) is 0 Å². The van der Waals surface area contributed by atoms with Gasteiger partial charge >= 0.3 is 0 Å². The molecule has 2 rings (SSSR count). The third-order valence-electron chi connectivity index (χ3n) is 4.10. The molecule has 1 heterocycles. The van der Waals surface area contributed by atoms with Gasteiger partial charge in [0, 0.05) is 33.0 Å². The van der Waals surface area contributed by atoms with Crippen LogP contribution in [0, 0.1) is 0 Å². The zero-order chi connectivity index (χ0) is 16.8. The summed E-state index contributed by atoms with van der Waals surface area (Å²) in [6.45, 7) is 3.36. The molecule has 0 aliphatic carbocycles. The normalized spacial score (nSPS) is 15.2. The minimum absolute atomic E-state index is 0.0846. The van der Waals surface area contributed by atoms with Gasteiger partial charge in [0.05, 0.1) is 15.7 Å². The molecule has 0 spiro atoms. The number of benzene rings is 1. The summed E-state index contributed by atoms with van der Waals surface area (Å²) in [5, 5.41) is 0.824. The maximum absolute atomic E-state index is 12.4. The van der Waals surface area contributed by atoms with Crippen molar-refractivity contribution >= 4 is 40.7 Å². The fourth-order valence-corrected chi connectivity index (χ4v) is 3.46. The van der Waals surface area contributed by atoms with E-state index in [4.69, 9.17) is 23.2 Å². The Labute approximate surface area is 147 Å². The Morgan fingerprint density at radius 2 is 1.65 bits per heavy atom. The molecular formula is C17H22Cl2N2O2. The van der Waals surface area contributed by atoms with Crippen LogP contribution in [-0.4, -0.2) is 36.3 Å². The Kier molecular flexibility index (Phi) is 6.72. The number of carbonyl (C=O) groups is 2. The molecule has 126 valence electrons. The number of rotatable bonds is 4. The van der Waals surface area contributed by atoms with E-state index in [1.165, 1.54) is 24.7 Å². The third-order valence-corrected chi connectivity index (χ3v) is 4.71. The summed E-state index contributed by atoms with van der Waals surface area (Å²) in [5.74, 6) is -0.0926. The number of carbonyl (C=O) groups excluding carboxylic acids is 2. The van der Waals surface area contributed by atoms with Gasteiger partial charge in [0.2, 0.25) is 11.8 Å². The van der Waals surface area contributed by atoms with E-state index >= 15 is 0 Å². The van der Waals surface area contributed by atoms with Crippen molar-refractivity contribution in [3.05, 3.63) is 28.2 Å². The number of nitrogens with zero attached hydrogens (tertiary/aromatic N) is 2. The molecule has 23 heavy (non-hydrogen) atoms. The molecule has 0 bridgehead atoms. The van der Waals surface area contributed by atoms with E-state index < -0.39 is 0 Å². The van der Waals surface area contributed by atoms with Crippen molar-refractivity contribution in [1.82, 2.24) is 4.90 Å². The van der Waals surface area contributed by atoms with E-state index in [0.717, 1.165) is 25.9 Å². The Morgan fingerprint density at radius 3 is 2.17 bits per heavy atom. The monoisotopic (exact) mass is 356 g/mol. The average molecular weight is 357 g/mol. The Morgan fingerprint density at radius 1 is 1.09 bits per heavy atom. The zero-order valence-electron chi connectivity index (χ0n) is 13.4. The van der Waals surface area contributed by atoms with Crippen molar-refractivity contribution < 1.29 is 9.59 Å². The summed E-state index contributed by atoms with van der Waals surface area (Å²) >= 11 is 12.4. The quantitative estimate of drug-likeness (QED) is 0.813. The highest BCUT2D eigenvalue weighted by Gasteiger charge is 2.21. The number of halogens is 2. The van der Waals surface area contributed by atoms with Crippen molar-refractivity contribution in [2.24, 2.45) is 0 Å². The molecule has 1 aromatic carbocycles. The third kappa shape index (κ3) is 4.85. The summed E-state index contributed by atoms with van der Waals surface area (Å²) in [6.07, 6.45) is 4.75. The number of anilines is 1. The lowest BCUT2D eigenvalue weighted by molar-refractivity contribution is -0.131. The van der Waals surface area contributed by atoms with Crippen LogP contribution in [0.2, 0.25) is 10.0 Å². The molecule has 0 N–H and O–H groups in total. The van der Waals surface area contributed by atoms with Crippen molar-refractivity contribution in [3.8, 4) is 0 Å². The summed E-state index contributed by atoms with van der Waals surface area (Å²) in [4.78, 5) is 27.8. The van der Waals surface area contributed by atoms with E-state index in [1.807, 2.05) is 4.90 Å². The van der Waals surface area contributed by atoms with Crippen molar-refractivity contribution in [3.63, 3.8) is 0 Å². The van der Waals surface area contributed by atoms with Gasteiger partial charge in [-0.15, -0.1) is 0 Å². The van der Waals surface area contributed by atoms with Crippen LogP contribution >= 0.6 is 23.2 Å². The molecule has 0 radical (unpaired) electrons. The minimum atomic E-state index is -0.177. The van der Waals surface area contributed by atoms with Gasteiger partial charge < -0.3 is 9.80 Å². The summed E-state index contributed by atoms with van der Waals surface area (Å²) < 4.78 is 0. The highest BCUT2D eigenvalue weighted by Crippen LogP contribution is 2.33. The van der Waals surface area contributed by atoms with E-state index in [1.54, 1.807) is 18.2 Å². The second-order valence-corrected chi connectivity index (χ2v) is 6.60. The maximum Gasteiger partial charge on any atom is 0.224 e. The van der Waals surface area contributed by atoms with Crippen molar-refractivity contribution in [2.75, 3.05) is 24.5 Å². The first kappa shape index (κ1) is 18.1. The van der Waals surface area contributed by atoms with Crippen LogP contribution in [-0.2, 0) is 9.59 Å². The standard InChI is InChI=1S/C17H22Cl2N2O2/c1-13(22)21(17-14(18)7-6-8-15(17)19)12-9-16(23)20-10-4-2-3-5-11-20/h6-8H,2-5,9-12H2,1H3. The lowest BCUT2D eigenvalue weighted by atomic mass is 10.2. The first-order valence-corrected chi connectivity index (χ1v) is 8.76. The van der Waals surface area contributed by atoms with Crippen LogP contribution in [0.1, 0.15) is 39.0 Å². The van der Waals surface area contributed by atoms with Crippen LogP contribution in [0.25, 0.3) is 0 Å². The Bertz CT molecular complexity index is 549. The first-order valence-electron chi connectivity index (χ1n) is 8.00. The summed E-state index contributed by atoms with van der Waals surface area (Å²) in [5.41, 5.74) is 0.479. The summed E-state index contributed by atoms with van der Waals surface area (Å²) in [6, 6.07) is 5.11. The van der Waals surface area contributed by atoms with Gasteiger partial charge in [-0.1, -0.05) is 42.1 Å². The number of amides is 2. The average Bonchev–Trinajstić information content (AvgIpc) is 2.78. The van der Waals surface area contributed by atoms with Crippen molar-refractivity contribution in [1.29, 1.82) is 0 Å². The molecule has 0 aromatic heterocycles. The number of para-hydroxylation sites is 1. The second-order valence-electron chi connectivity index (χ2n) is 5.79. The van der Waals surface area contributed by atoms with Gasteiger partial charge in [-0.25, -0.2) is 0 Å². The van der Waals surface area contributed by atoms with Gasteiger partial charge in [-0.2, -0.15) is 0 Å². The van der Waals surface area contributed by atoms with E-state index in [9.17, 15) is 9.59 Å². The van der Waals surface area contributed by atoms with E-state index in [0.29, 0.717) is 15.7 Å². The van der Waals surface area contributed by atoms with Gasteiger partial charge in [0.1, 0.15) is 0 Å². The number of likely N-dealkylation sites (tertiary alicyclic amines) is 1. The molecule has 1 aliphatic heterocycles. The highest BCUT2D eigenvalue weighted by molar-refractivity contribution is 6.39. The van der Waals surface area contributed by atoms with Gasteiger partial charge in [0.15, 0.2) is 0 Å². The fourth-order valence-electron chi connectivity index (χ4n) is 2.86. The number of hydrogen-bond acceptors (Lipinski definition) is 2. The molecule has 4 nitrogen and oxygen atoms in total. The molecular weight excluding hydrogens is 335 g/mol. The zero-order valence-corrected chi connectivity index (χ0v) is 14.9. The Hall–Kier alpha value is -1.26. The van der Waals surface area contributed by atoms with Gasteiger partial charge in [-0.05, 0) is 25.0 Å². The molecule has 1 aliphatic rings. The maximum atomic E-state index is 12.4. The van der Waals surface area contributed by atoms with Crippen LogP contribution < -0.4 is 4.90 Å². The topological polar surface area (TPSA) is 40.6 Å². The van der Waals surface area contributed by atoms with E-state index in [-0.39, 0.29) is 24.8 Å². The molecule has 1 fully saturated rings. The second kappa shape index (κ2) is 8.55. The fraction of sp³-hybridized carbons (Fsp3) is 0.529. The number of hydrogen-bond donors (Lipinski definition) is 0. The van der Waals surface area contributed by atoms with Crippen LogP contribution in [0.3, 0.4) is 0 Å². The van der Waals surface area contributed by atoms with Crippen molar-refractivity contribution in [2.45, 2.75) is 39.0 Å². The molecule has 0 unspecified atom stereocenters. The van der Waals surface area contributed by atoms with Crippen LogP contribution in [0.4, 0.5) is 5.69 Å². The highest BCUT2D eigenvalue weighted by atomic mass is 35.5. The van der Waals surface area contributed by atoms with Gasteiger partial charge in [-0.3, -0.25) is 9.59 Å². The SMILES string of the molecule is CC(=O)N(CCC(=O)N1CCCCCC1)c1c(Cl)cccc1Cl. The summed E-state index contributed by atoms with van der Waals surface area (Å²) in [7, 11) is 0. The molecule has 1 aromatic rings. The molecule has 6 heteroatoms. The molecule has 0 atom stereocenters. The molecule has 2 amide bonds. The Balaban J connectivity index is 2.05. The predicted molar refractivity (Wildman–Crippen MR) is 94.2 cm³/mol. The van der Waals surface area contributed by atoms with E-state index in [2.05, 4.69) is 0 Å². The van der Waals surface area contributed by atoms with Crippen LogP contribution in [0.15, 0.2) is 18.2 Å². The van der Waals surface area contributed by atoms with Crippen LogP contribution in [0.5, 0.6) is 0 Å². The largest absolute Gasteiger partial charge is 0.343 e. The first-order chi connectivity index (χ1) is 11.0.